The standard InChI is InChI=1S/C26H36ClNO2S.C2H6/c1-21-20-23(8-11-25(21)30-16-4-12-27)26(2,3)22-6-9-24(10-7-22)29-17-5-13-28-14-18-31-19-15-28;1-2/h6-11,20H,4-5,12-19H2,1-3H3;1-2H3. The lowest BCUT2D eigenvalue weighted by Crippen LogP contribution is -2.33. The largest absolute Gasteiger partial charge is 0.494 e. The molecule has 0 unspecified atom stereocenters. The van der Waals surface area contributed by atoms with Crippen molar-refractivity contribution in [2.24, 2.45) is 0 Å². The van der Waals surface area contributed by atoms with Crippen LogP contribution in [-0.4, -0.2) is 55.1 Å². The maximum Gasteiger partial charge on any atom is 0.122 e. The first-order valence-corrected chi connectivity index (χ1v) is 14.0. The number of aryl methyl sites for hydroxylation is 1. The second-order valence-corrected chi connectivity index (χ2v) is 10.3. The second-order valence-electron chi connectivity index (χ2n) is 8.68. The molecule has 0 atom stereocenters. The normalized spacial score (nSPS) is 14.4. The lowest BCUT2D eigenvalue weighted by atomic mass is 9.77. The highest BCUT2D eigenvalue weighted by atomic mass is 35.5. The van der Waals surface area contributed by atoms with Crippen LogP contribution in [0, 0.1) is 6.92 Å². The van der Waals surface area contributed by atoms with Gasteiger partial charge in [-0.15, -0.1) is 11.6 Å². The topological polar surface area (TPSA) is 21.7 Å². The van der Waals surface area contributed by atoms with E-state index in [0.717, 1.165) is 43.1 Å². The van der Waals surface area contributed by atoms with Crippen molar-refractivity contribution in [1.29, 1.82) is 0 Å². The fourth-order valence-corrected chi connectivity index (χ4v) is 4.96. The fourth-order valence-electron chi connectivity index (χ4n) is 3.87. The maximum absolute atomic E-state index is 5.99. The Morgan fingerprint density at radius 3 is 2.18 bits per heavy atom. The summed E-state index contributed by atoms with van der Waals surface area (Å²) in [6, 6.07) is 15.1. The molecule has 2 aromatic carbocycles. The molecule has 0 aromatic heterocycles. The molecule has 1 saturated heterocycles. The van der Waals surface area contributed by atoms with Crippen LogP contribution in [0.2, 0.25) is 0 Å². The number of hydrogen-bond donors (Lipinski definition) is 0. The van der Waals surface area contributed by atoms with Gasteiger partial charge in [0, 0.05) is 42.4 Å². The van der Waals surface area contributed by atoms with Gasteiger partial charge in [-0.1, -0.05) is 52.0 Å². The molecule has 0 amide bonds. The molecule has 0 bridgehead atoms. The maximum atomic E-state index is 5.99. The smallest absolute Gasteiger partial charge is 0.122 e. The SMILES string of the molecule is CC.Cc1cc(C(C)(C)c2ccc(OCCCN3CCSCC3)cc2)ccc1OCCCCl. The van der Waals surface area contributed by atoms with E-state index in [1.807, 2.05) is 13.8 Å². The molecule has 3 nitrogen and oxygen atoms in total. The molecule has 1 aliphatic rings. The number of rotatable bonds is 11. The van der Waals surface area contributed by atoms with Crippen LogP contribution in [0.15, 0.2) is 42.5 Å². The fraction of sp³-hybridized carbons (Fsp3) is 0.571. The number of nitrogens with zero attached hydrogens (tertiary/aromatic N) is 1. The minimum absolute atomic E-state index is 0.0930. The van der Waals surface area contributed by atoms with Gasteiger partial charge in [0.15, 0.2) is 0 Å². The van der Waals surface area contributed by atoms with Crippen LogP contribution in [0.1, 0.15) is 57.2 Å². The third kappa shape index (κ3) is 8.73. The Kier molecular flexibility index (Phi) is 12.5. The zero-order valence-corrected chi connectivity index (χ0v) is 22.7. The molecule has 0 N–H and O–H groups in total. The molecule has 0 aliphatic carbocycles. The van der Waals surface area contributed by atoms with Crippen molar-refractivity contribution in [3.05, 3.63) is 59.2 Å². The number of thioether (sulfide) groups is 1. The average Bonchev–Trinajstić information content (AvgIpc) is 2.85. The van der Waals surface area contributed by atoms with Gasteiger partial charge in [-0.25, -0.2) is 0 Å². The summed E-state index contributed by atoms with van der Waals surface area (Å²) >= 11 is 7.81. The van der Waals surface area contributed by atoms with Crippen LogP contribution in [0.5, 0.6) is 11.5 Å². The van der Waals surface area contributed by atoms with Gasteiger partial charge in [-0.3, -0.25) is 0 Å². The lowest BCUT2D eigenvalue weighted by molar-refractivity contribution is 0.248. The van der Waals surface area contributed by atoms with Crippen molar-refractivity contribution < 1.29 is 9.47 Å². The summed E-state index contributed by atoms with van der Waals surface area (Å²) < 4.78 is 11.8. The Labute approximate surface area is 211 Å². The number of benzene rings is 2. The van der Waals surface area contributed by atoms with Gasteiger partial charge in [0.25, 0.3) is 0 Å². The highest BCUT2D eigenvalue weighted by Gasteiger charge is 2.24. The van der Waals surface area contributed by atoms with Crippen molar-refractivity contribution in [2.75, 3.05) is 50.2 Å². The Morgan fingerprint density at radius 2 is 1.55 bits per heavy atom. The van der Waals surface area contributed by atoms with E-state index < -0.39 is 0 Å². The minimum Gasteiger partial charge on any atom is -0.494 e. The number of hydrogen-bond acceptors (Lipinski definition) is 4. The lowest BCUT2D eigenvalue weighted by Gasteiger charge is -2.27. The predicted octanol–water partition coefficient (Wildman–Crippen LogP) is 7.17. The molecule has 184 valence electrons. The summed E-state index contributed by atoms with van der Waals surface area (Å²) in [6.45, 7) is 15.6. The van der Waals surface area contributed by atoms with Crippen LogP contribution in [-0.2, 0) is 5.41 Å². The van der Waals surface area contributed by atoms with E-state index in [-0.39, 0.29) is 5.41 Å². The molecule has 0 saturated carbocycles. The van der Waals surface area contributed by atoms with Crippen molar-refractivity contribution >= 4 is 23.4 Å². The van der Waals surface area contributed by atoms with Gasteiger partial charge in [0.1, 0.15) is 11.5 Å². The quantitative estimate of drug-likeness (QED) is 0.245. The van der Waals surface area contributed by atoms with E-state index in [1.54, 1.807) is 0 Å². The molecule has 3 rings (SSSR count). The monoisotopic (exact) mass is 491 g/mol. The van der Waals surface area contributed by atoms with Gasteiger partial charge in [0.2, 0.25) is 0 Å². The molecule has 1 aliphatic heterocycles. The van der Waals surface area contributed by atoms with Gasteiger partial charge in [-0.05, 0) is 54.7 Å². The first-order chi connectivity index (χ1) is 16.0. The minimum atomic E-state index is -0.0930. The molecule has 33 heavy (non-hydrogen) atoms. The average molecular weight is 492 g/mol. The first-order valence-electron chi connectivity index (χ1n) is 12.3. The van der Waals surface area contributed by atoms with Crippen LogP contribution in [0.25, 0.3) is 0 Å². The molecular formula is C28H42ClNO2S. The summed E-state index contributed by atoms with van der Waals surface area (Å²) in [6.07, 6.45) is 1.94. The molecule has 1 fully saturated rings. The molecule has 5 heteroatoms. The van der Waals surface area contributed by atoms with Gasteiger partial charge in [-0.2, -0.15) is 11.8 Å². The van der Waals surface area contributed by atoms with Gasteiger partial charge < -0.3 is 14.4 Å². The van der Waals surface area contributed by atoms with Crippen LogP contribution in [0.4, 0.5) is 0 Å². The van der Waals surface area contributed by atoms with E-state index in [1.165, 1.54) is 35.7 Å². The Balaban J connectivity index is 0.00000187. The van der Waals surface area contributed by atoms with E-state index >= 15 is 0 Å². The zero-order valence-electron chi connectivity index (χ0n) is 21.2. The summed E-state index contributed by atoms with van der Waals surface area (Å²) in [5.74, 6) is 5.05. The van der Waals surface area contributed by atoms with E-state index in [4.69, 9.17) is 21.1 Å². The van der Waals surface area contributed by atoms with Crippen molar-refractivity contribution in [2.45, 2.75) is 52.9 Å². The van der Waals surface area contributed by atoms with Crippen molar-refractivity contribution in [1.82, 2.24) is 4.90 Å². The van der Waals surface area contributed by atoms with Crippen LogP contribution in [0.3, 0.4) is 0 Å². The van der Waals surface area contributed by atoms with E-state index in [9.17, 15) is 0 Å². The highest BCUT2D eigenvalue weighted by molar-refractivity contribution is 7.99. The summed E-state index contributed by atoms with van der Waals surface area (Å²) in [7, 11) is 0. The Bertz CT molecular complexity index is 804. The number of ether oxygens (including phenoxy) is 2. The van der Waals surface area contributed by atoms with Gasteiger partial charge >= 0.3 is 0 Å². The molecular weight excluding hydrogens is 450 g/mol. The third-order valence-corrected chi connectivity index (χ3v) is 7.21. The molecule has 2 aromatic rings. The third-order valence-electron chi connectivity index (χ3n) is 6.00. The first kappa shape index (κ1) is 27.9. The van der Waals surface area contributed by atoms with Crippen LogP contribution < -0.4 is 9.47 Å². The molecule has 0 radical (unpaired) electrons. The van der Waals surface area contributed by atoms with E-state index in [2.05, 4.69) is 79.9 Å². The number of alkyl halides is 1. The molecule has 0 spiro atoms. The number of halogens is 1. The van der Waals surface area contributed by atoms with Gasteiger partial charge in [0.05, 0.1) is 13.2 Å². The second kappa shape index (κ2) is 14.8. The van der Waals surface area contributed by atoms with Crippen molar-refractivity contribution in [3.8, 4) is 11.5 Å². The highest BCUT2D eigenvalue weighted by Crippen LogP contribution is 2.34. The summed E-state index contributed by atoms with van der Waals surface area (Å²) in [4.78, 5) is 2.54. The Hall–Kier alpha value is -1.36. The molecule has 1 heterocycles. The Morgan fingerprint density at radius 1 is 0.909 bits per heavy atom. The van der Waals surface area contributed by atoms with E-state index in [0.29, 0.717) is 12.5 Å². The predicted molar refractivity (Wildman–Crippen MR) is 146 cm³/mol. The van der Waals surface area contributed by atoms with Crippen molar-refractivity contribution in [3.63, 3.8) is 0 Å². The zero-order chi connectivity index (χ0) is 24.1. The summed E-state index contributed by atoms with van der Waals surface area (Å²) in [5.41, 5.74) is 3.63. The summed E-state index contributed by atoms with van der Waals surface area (Å²) in [5, 5.41) is 0. The van der Waals surface area contributed by atoms with Crippen LogP contribution >= 0.6 is 23.4 Å².